The first-order valence-electron chi connectivity index (χ1n) is 11.4. The van der Waals surface area contributed by atoms with Crippen molar-refractivity contribution in [3.05, 3.63) is 118 Å². The third kappa shape index (κ3) is 3.88. The van der Waals surface area contributed by atoms with Gasteiger partial charge in [0.25, 0.3) is 11.8 Å². The summed E-state index contributed by atoms with van der Waals surface area (Å²) < 4.78 is 0. The second-order valence-electron chi connectivity index (χ2n) is 8.90. The first-order valence-corrected chi connectivity index (χ1v) is 11.4. The normalized spacial score (nSPS) is 13.8. The van der Waals surface area contributed by atoms with Gasteiger partial charge in [-0.1, -0.05) is 90.0 Å². The Morgan fingerprint density at radius 2 is 1.44 bits per heavy atom. The third-order valence-corrected chi connectivity index (χ3v) is 6.33. The average Bonchev–Trinajstić information content (AvgIpc) is 3.05. The summed E-state index contributed by atoms with van der Waals surface area (Å²) >= 11 is 0. The van der Waals surface area contributed by atoms with Gasteiger partial charge in [-0.2, -0.15) is 0 Å². The van der Waals surface area contributed by atoms with Crippen LogP contribution in [0.5, 0.6) is 0 Å². The van der Waals surface area contributed by atoms with E-state index in [1.54, 1.807) is 0 Å². The number of imide groups is 1. The number of carbonyl (C=O) groups excluding carboxylic acids is 2. The highest BCUT2D eigenvalue weighted by Gasteiger charge is 2.39. The van der Waals surface area contributed by atoms with E-state index < -0.39 is 0 Å². The van der Waals surface area contributed by atoms with Crippen LogP contribution in [0, 0.1) is 20.8 Å². The van der Waals surface area contributed by atoms with Crippen molar-refractivity contribution in [3.8, 4) is 0 Å². The van der Waals surface area contributed by atoms with Gasteiger partial charge in [0.2, 0.25) is 0 Å². The highest BCUT2D eigenvalue weighted by atomic mass is 16.2. The van der Waals surface area contributed by atoms with Gasteiger partial charge < -0.3 is 5.32 Å². The Balaban J connectivity index is 1.61. The molecule has 4 aromatic carbocycles. The number of rotatable bonds is 5. The van der Waals surface area contributed by atoms with Crippen LogP contribution in [-0.2, 0) is 16.1 Å². The summed E-state index contributed by atoms with van der Waals surface area (Å²) in [6.45, 7) is 6.24. The SMILES string of the molecule is Cc1ccc(CN2C(=O)C(Nc3cccc4ccccc34)=C(c3ccc(C)cc3C)C2=O)cc1. The number of hydrogen-bond acceptors (Lipinski definition) is 3. The molecule has 1 aliphatic rings. The van der Waals surface area contributed by atoms with Gasteiger partial charge in [-0.05, 0) is 48.9 Å². The number of carbonyl (C=O) groups is 2. The summed E-state index contributed by atoms with van der Waals surface area (Å²) in [7, 11) is 0. The lowest BCUT2D eigenvalue weighted by Gasteiger charge is -2.16. The zero-order valence-corrected chi connectivity index (χ0v) is 19.6. The fourth-order valence-electron chi connectivity index (χ4n) is 4.52. The number of anilines is 1. The first-order chi connectivity index (χ1) is 16.4. The molecule has 168 valence electrons. The lowest BCUT2D eigenvalue weighted by Crippen LogP contribution is -2.32. The number of aryl methyl sites for hydroxylation is 3. The molecule has 34 heavy (non-hydrogen) atoms. The van der Waals surface area contributed by atoms with Crippen molar-refractivity contribution < 1.29 is 9.59 Å². The van der Waals surface area contributed by atoms with E-state index in [2.05, 4.69) is 5.32 Å². The Kier molecular flexibility index (Phi) is 5.50. The maximum absolute atomic E-state index is 13.7. The fraction of sp³-hybridized carbons (Fsp3) is 0.133. The molecule has 5 rings (SSSR count). The van der Waals surface area contributed by atoms with Gasteiger partial charge in [0, 0.05) is 11.1 Å². The van der Waals surface area contributed by atoms with E-state index in [1.165, 1.54) is 4.90 Å². The predicted octanol–water partition coefficient (Wildman–Crippen LogP) is 6.16. The smallest absolute Gasteiger partial charge is 0.278 e. The molecule has 0 spiro atoms. The number of nitrogens with one attached hydrogen (secondary N) is 1. The summed E-state index contributed by atoms with van der Waals surface area (Å²) in [4.78, 5) is 28.7. The molecule has 4 nitrogen and oxygen atoms in total. The van der Waals surface area contributed by atoms with E-state index in [9.17, 15) is 9.59 Å². The molecule has 1 N–H and O–H groups in total. The second-order valence-corrected chi connectivity index (χ2v) is 8.90. The molecule has 0 aliphatic carbocycles. The van der Waals surface area contributed by atoms with Crippen LogP contribution in [0.4, 0.5) is 5.69 Å². The summed E-state index contributed by atoms with van der Waals surface area (Å²) in [5.41, 5.74) is 6.44. The van der Waals surface area contributed by atoms with Crippen molar-refractivity contribution in [2.45, 2.75) is 27.3 Å². The zero-order chi connectivity index (χ0) is 23.8. The number of fused-ring (bicyclic) bond motifs is 1. The molecule has 0 saturated heterocycles. The van der Waals surface area contributed by atoms with E-state index in [1.807, 2.05) is 106 Å². The fourth-order valence-corrected chi connectivity index (χ4v) is 4.52. The zero-order valence-electron chi connectivity index (χ0n) is 19.6. The minimum Gasteiger partial charge on any atom is -0.350 e. The topological polar surface area (TPSA) is 49.4 Å². The van der Waals surface area contributed by atoms with Crippen LogP contribution < -0.4 is 5.32 Å². The molecule has 0 unspecified atom stereocenters. The Labute approximate surface area is 199 Å². The van der Waals surface area contributed by atoms with Gasteiger partial charge in [0.1, 0.15) is 5.70 Å². The number of hydrogen-bond donors (Lipinski definition) is 1. The second kappa shape index (κ2) is 8.64. The Hall–Kier alpha value is -4.18. The average molecular weight is 447 g/mol. The molecule has 0 radical (unpaired) electrons. The maximum atomic E-state index is 13.7. The summed E-state index contributed by atoms with van der Waals surface area (Å²) in [5, 5.41) is 5.41. The van der Waals surface area contributed by atoms with Crippen molar-refractivity contribution in [3.63, 3.8) is 0 Å². The van der Waals surface area contributed by atoms with E-state index in [0.29, 0.717) is 11.3 Å². The molecule has 0 bridgehead atoms. The van der Waals surface area contributed by atoms with Crippen LogP contribution in [0.3, 0.4) is 0 Å². The van der Waals surface area contributed by atoms with Crippen LogP contribution in [0.1, 0.15) is 27.8 Å². The van der Waals surface area contributed by atoms with Crippen LogP contribution in [0.2, 0.25) is 0 Å². The third-order valence-electron chi connectivity index (χ3n) is 6.33. The number of amides is 2. The van der Waals surface area contributed by atoms with Crippen molar-refractivity contribution in [1.29, 1.82) is 0 Å². The predicted molar refractivity (Wildman–Crippen MR) is 137 cm³/mol. The van der Waals surface area contributed by atoms with E-state index in [-0.39, 0.29) is 18.4 Å². The minimum atomic E-state index is -0.312. The minimum absolute atomic E-state index is 0.229. The van der Waals surface area contributed by atoms with Crippen molar-refractivity contribution in [2.75, 3.05) is 5.32 Å². The van der Waals surface area contributed by atoms with Crippen LogP contribution >= 0.6 is 0 Å². The summed E-state index contributed by atoms with van der Waals surface area (Å²) in [6.07, 6.45) is 0. The van der Waals surface area contributed by atoms with Crippen molar-refractivity contribution in [2.24, 2.45) is 0 Å². The molecule has 1 aliphatic heterocycles. The summed E-state index contributed by atoms with van der Waals surface area (Å²) in [5.74, 6) is -0.589. The van der Waals surface area contributed by atoms with Gasteiger partial charge in [-0.25, -0.2) is 0 Å². The summed E-state index contributed by atoms with van der Waals surface area (Å²) in [6, 6.07) is 27.8. The highest BCUT2D eigenvalue weighted by Crippen LogP contribution is 2.35. The Morgan fingerprint density at radius 3 is 2.21 bits per heavy atom. The van der Waals surface area contributed by atoms with Crippen LogP contribution in [0.25, 0.3) is 16.3 Å². The van der Waals surface area contributed by atoms with Crippen LogP contribution in [0.15, 0.2) is 90.6 Å². The number of benzene rings is 4. The number of nitrogens with zero attached hydrogens (tertiary/aromatic N) is 1. The molecular weight excluding hydrogens is 420 g/mol. The van der Waals surface area contributed by atoms with Gasteiger partial charge in [-0.3, -0.25) is 14.5 Å². The largest absolute Gasteiger partial charge is 0.350 e. The monoisotopic (exact) mass is 446 g/mol. The molecule has 0 saturated carbocycles. The van der Waals surface area contributed by atoms with E-state index >= 15 is 0 Å². The molecule has 1 heterocycles. The Morgan fingerprint density at radius 1 is 0.735 bits per heavy atom. The molecule has 0 atom stereocenters. The molecular formula is C30H26N2O2. The first kappa shape index (κ1) is 21.7. The molecule has 2 amide bonds. The van der Waals surface area contributed by atoms with Gasteiger partial charge in [-0.15, -0.1) is 0 Å². The maximum Gasteiger partial charge on any atom is 0.278 e. The molecule has 4 heteroatoms. The standard InChI is InChI=1S/C30H26N2O2/c1-19-11-14-22(15-12-19)18-32-29(33)27(24-16-13-20(2)17-21(24)3)28(30(32)34)31-26-10-6-8-23-7-4-5-9-25(23)26/h4-17,31H,18H2,1-3H3. The van der Waals surface area contributed by atoms with Crippen molar-refractivity contribution in [1.82, 2.24) is 4.90 Å². The lowest BCUT2D eigenvalue weighted by atomic mass is 9.97. The lowest BCUT2D eigenvalue weighted by molar-refractivity contribution is -0.137. The van der Waals surface area contributed by atoms with E-state index in [0.717, 1.165) is 44.3 Å². The molecule has 4 aromatic rings. The quantitative estimate of drug-likeness (QED) is 0.374. The van der Waals surface area contributed by atoms with Crippen molar-refractivity contribution >= 4 is 33.8 Å². The molecule has 0 aromatic heterocycles. The van der Waals surface area contributed by atoms with Crippen LogP contribution in [-0.4, -0.2) is 16.7 Å². The Bertz CT molecular complexity index is 1460. The highest BCUT2D eigenvalue weighted by molar-refractivity contribution is 6.36. The van der Waals surface area contributed by atoms with Gasteiger partial charge in [0.05, 0.1) is 12.1 Å². The van der Waals surface area contributed by atoms with Gasteiger partial charge >= 0.3 is 0 Å². The van der Waals surface area contributed by atoms with E-state index in [4.69, 9.17) is 0 Å². The van der Waals surface area contributed by atoms with Gasteiger partial charge in [0.15, 0.2) is 0 Å². The molecule has 0 fully saturated rings.